The highest BCUT2D eigenvalue weighted by atomic mass is 32.2. The van der Waals surface area contributed by atoms with Gasteiger partial charge < -0.3 is 10.1 Å². The van der Waals surface area contributed by atoms with Crippen molar-refractivity contribution in [3.05, 3.63) is 59.7 Å². The molecule has 0 aromatic heterocycles. The highest BCUT2D eigenvalue weighted by Crippen LogP contribution is 2.33. The van der Waals surface area contributed by atoms with Gasteiger partial charge in [-0.15, -0.1) is 0 Å². The van der Waals surface area contributed by atoms with Gasteiger partial charge in [0.15, 0.2) is 0 Å². The number of nitrogens with one attached hydrogen (secondary N) is 1. The van der Waals surface area contributed by atoms with Crippen molar-refractivity contribution in [1.29, 1.82) is 0 Å². The topological polar surface area (TPSA) is 75.7 Å². The number of nitrogens with zero attached hydrogens (tertiary/aromatic N) is 1. The van der Waals surface area contributed by atoms with Gasteiger partial charge in [-0.3, -0.25) is 4.79 Å². The molecule has 0 aliphatic carbocycles. The maximum absolute atomic E-state index is 14.1. The Labute approximate surface area is 174 Å². The van der Waals surface area contributed by atoms with Crippen LogP contribution in [0, 0.1) is 17.0 Å². The van der Waals surface area contributed by atoms with Gasteiger partial charge in [0.25, 0.3) is 0 Å². The van der Waals surface area contributed by atoms with E-state index in [9.17, 15) is 22.0 Å². The molecule has 1 N–H and O–H groups in total. The molecule has 0 spiro atoms. The van der Waals surface area contributed by atoms with Gasteiger partial charge in [0.05, 0.1) is 12.5 Å². The van der Waals surface area contributed by atoms with E-state index in [0.29, 0.717) is 24.7 Å². The van der Waals surface area contributed by atoms with Crippen molar-refractivity contribution in [2.24, 2.45) is 5.41 Å². The van der Waals surface area contributed by atoms with E-state index in [2.05, 4.69) is 5.32 Å². The first-order valence-electron chi connectivity index (χ1n) is 9.52. The molecule has 1 amide bonds. The van der Waals surface area contributed by atoms with E-state index in [-0.39, 0.29) is 25.5 Å². The van der Waals surface area contributed by atoms with Crippen LogP contribution in [0.4, 0.5) is 8.78 Å². The van der Waals surface area contributed by atoms with Crippen LogP contribution in [-0.2, 0) is 21.4 Å². The number of sulfonamides is 1. The first-order valence-corrected chi connectivity index (χ1v) is 11.0. The number of halogens is 2. The minimum Gasteiger partial charge on any atom is -0.497 e. The van der Waals surface area contributed by atoms with Crippen molar-refractivity contribution in [2.45, 2.75) is 31.2 Å². The highest BCUT2D eigenvalue weighted by Gasteiger charge is 2.42. The number of piperidine rings is 1. The zero-order valence-corrected chi connectivity index (χ0v) is 17.6. The van der Waals surface area contributed by atoms with Crippen LogP contribution in [0.2, 0.25) is 0 Å². The summed E-state index contributed by atoms with van der Waals surface area (Å²) >= 11 is 0. The fraction of sp³-hybridized carbons (Fsp3) is 0.381. The molecule has 1 aliphatic heterocycles. The average molecular weight is 438 g/mol. The van der Waals surface area contributed by atoms with Crippen molar-refractivity contribution < 1.29 is 26.7 Å². The number of rotatable bonds is 6. The van der Waals surface area contributed by atoms with Gasteiger partial charge in [-0.1, -0.05) is 12.1 Å². The molecule has 1 fully saturated rings. The molecule has 1 heterocycles. The summed E-state index contributed by atoms with van der Waals surface area (Å²) < 4.78 is 59.3. The fourth-order valence-corrected chi connectivity index (χ4v) is 5.23. The summed E-state index contributed by atoms with van der Waals surface area (Å²) in [7, 11) is -2.64. The zero-order valence-electron chi connectivity index (χ0n) is 16.8. The molecule has 2 aromatic carbocycles. The van der Waals surface area contributed by atoms with Crippen molar-refractivity contribution in [3.8, 4) is 5.75 Å². The number of hydrogen-bond acceptors (Lipinski definition) is 4. The second kappa shape index (κ2) is 8.69. The number of carbonyl (C=O) groups is 1. The molecule has 30 heavy (non-hydrogen) atoms. The lowest BCUT2D eigenvalue weighted by molar-refractivity contribution is -0.132. The summed E-state index contributed by atoms with van der Waals surface area (Å²) in [5, 5.41) is 2.85. The minimum atomic E-state index is -4.20. The number of ether oxygens (including phenoxy) is 1. The summed E-state index contributed by atoms with van der Waals surface area (Å²) in [5.41, 5.74) is -0.124. The lowest BCUT2D eigenvalue weighted by Crippen LogP contribution is -2.51. The Kier molecular flexibility index (Phi) is 6.42. The largest absolute Gasteiger partial charge is 0.497 e. The SMILES string of the molecule is COc1cccc(CNC(=O)[C@]2(C)CCCN(S(=O)(=O)c3ccc(F)cc3F)C2)c1. The van der Waals surface area contributed by atoms with E-state index in [1.165, 1.54) is 0 Å². The monoisotopic (exact) mass is 438 g/mol. The van der Waals surface area contributed by atoms with Crippen LogP contribution in [0.5, 0.6) is 5.75 Å². The molecule has 1 aliphatic rings. The van der Waals surface area contributed by atoms with Gasteiger partial charge in [-0.05, 0) is 49.6 Å². The maximum atomic E-state index is 14.1. The third kappa shape index (κ3) is 4.62. The second-order valence-electron chi connectivity index (χ2n) is 7.61. The van der Waals surface area contributed by atoms with E-state index in [0.717, 1.165) is 22.0 Å². The molecule has 162 valence electrons. The summed E-state index contributed by atoms with van der Waals surface area (Å²) in [6.45, 7) is 2.04. The van der Waals surface area contributed by atoms with Crippen LogP contribution in [0.25, 0.3) is 0 Å². The number of benzene rings is 2. The van der Waals surface area contributed by atoms with Gasteiger partial charge in [0, 0.05) is 25.7 Å². The molecule has 0 radical (unpaired) electrons. The lowest BCUT2D eigenvalue weighted by Gasteiger charge is -2.38. The van der Waals surface area contributed by atoms with Gasteiger partial charge in [-0.2, -0.15) is 4.31 Å². The summed E-state index contributed by atoms with van der Waals surface area (Å²) in [6, 6.07) is 9.61. The molecular formula is C21H24F2N2O4S. The minimum absolute atomic E-state index is 0.0872. The molecule has 0 saturated carbocycles. The van der Waals surface area contributed by atoms with Gasteiger partial charge in [0.1, 0.15) is 22.3 Å². The summed E-state index contributed by atoms with van der Waals surface area (Å²) in [5.74, 6) is -1.62. The van der Waals surface area contributed by atoms with Crippen LogP contribution >= 0.6 is 0 Å². The molecular weight excluding hydrogens is 414 g/mol. The van der Waals surface area contributed by atoms with Gasteiger partial charge in [-0.25, -0.2) is 17.2 Å². The summed E-state index contributed by atoms with van der Waals surface area (Å²) in [6.07, 6.45) is 0.944. The smallest absolute Gasteiger partial charge is 0.246 e. The first kappa shape index (κ1) is 22.2. The number of methoxy groups -OCH3 is 1. The molecule has 0 bridgehead atoms. The average Bonchev–Trinajstić information content (AvgIpc) is 2.72. The molecule has 1 saturated heterocycles. The first-order chi connectivity index (χ1) is 14.2. The molecule has 3 rings (SSSR count). The Morgan fingerprint density at radius 3 is 2.70 bits per heavy atom. The van der Waals surface area contributed by atoms with Crippen molar-refractivity contribution in [1.82, 2.24) is 9.62 Å². The lowest BCUT2D eigenvalue weighted by atomic mass is 9.82. The van der Waals surface area contributed by atoms with Crippen LogP contribution in [0.15, 0.2) is 47.4 Å². The third-order valence-electron chi connectivity index (χ3n) is 5.31. The standard InChI is InChI=1S/C21H24F2N2O4S/c1-21(20(26)24-13-15-5-3-6-17(11-15)29-2)9-4-10-25(14-21)30(27,28)19-8-7-16(22)12-18(19)23/h3,5-8,11-12H,4,9-10,13-14H2,1-2H3,(H,24,26)/t21-/m1/s1. The van der Waals surface area contributed by atoms with Crippen LogP contribution in [0.3, 0.4) is 0 Å². The molecule has 6 nitrogen and oxygen atoms in total. The highest BCUT2D eigenvalue weighted by molar-refractivity contribution is 7.89. The predicted molar refractivity (Wildman–Crippen MR) is 107 cm³/mol. The Balaban J connectivity index is 1.73. The van der Waals surface area contributed by atoms with E-state index in [1.54, 1.807) is 26.2 Å². The Bertz CT molecular complexity index is 1050. The quantitative estimate of drug-likeness (QED) is 0.752. The predicted octanol–water partition coefficient (Wildman–Crippen LogP) is 3.08. The van der Waals surface area contributed by atoms with E-state index >= 15 is 0 Å². The maximum Gasteiger partial charge on any atom is 0.246 e. The molecule has 9 heteroatoms. The third-order valence-corrected chi connectivity index (χ3v) is 7.19. The van der Waals surface area contributed by atoms with E-state index < -0.39 is 32.0 Å². The molecule has 0 unspecified atom stereocenters. The van der Waals surface area contributed by atoms with Crippen LogP contribution in [0.1, 0.15) is 25.3 Å². The van der Waals surface area contributed by atoms with Crippen molar-refractivity contribution in [3.63, 3.8) is 0 Å². The normalized spacial score (nSPS) is 20.0. The number of hydrogen-bond donors (Lipinski definition) is 1. The Hall–Kier alpha value is -2.52. The van der Waals surface area contributed by atoms with Gasteiger partial charge in [0.2, 0.25) is 15.9 Å². The number of carbonyl (C=O) groups excluding carboxylic acids is 1. The Morgan fingerprint density at radius 1 is 1.23 bits per heavy atom. The van der Waals surface area contributed by atoms with Crippen LogP contribution in [-0.4, -0.2) is 38.8 Å². The van der Waals surface area contributed by atoms with E-state index in [4.69, 9.17) is 4.74 Å². The molecule has 2 aromatic rings. The Morgan fingerprint density at radius 2 is 2.00 bits per heavy atom. The molecule has 1 atom stereocenters. The number of amides is 1. The van der Waals surface area contributed by atoms with E-state index in [1.807, 2.05) is 12.1 Å². The van der Waals surface area contributed by atoms with Crippen LogP contribution < -0.4 is 10.1 Å². The second-order valence-corrected chi connectivity index (χ2v) is 9.52. The fourth-order valence-electron chi connectivity index (χ4n) is 3.59. The van der Waals surface area contributed by atoms with Crippen molar-refractivity contribution >= 4 is 15.9 Å². The van der Waals surface area contributed by atoms with Gasteiger partial charge >= 0.3 is 0 Å². The van der Waals surface area contributed by atoms with Crippen molar-refractivity contribution in [2.75, 3.05) is 20.2 Å². The zero-order chi connectivity index (χ0) is 21.9. The summed E-state index contributed by atoms with van der Waals surface area (Å²) in [4.78, 5) is 12.3.